The van der Waals surface area contributed by atoms with E-state index in [1.807, 2.05) is 0 Å². The minimum absolute atomic E-state index is 0.134. The summed E-state index contributed by atoms with van der Waals surface area (Å²) in [5.41, 5.74) is 0.786. The van der Waals surface area contributed by atoms with Gasteiger partial charge in [0.25, 0.3) is 0 Å². The van der Waals surface area contributed by atoms with E-state index in [4.69, 9.17) is 14.2 Å². The summed E-state index contributed by atoms with van der Waals surface area (Å²) in [7, 11) is 1.57. The molecule has 0 heterocycles. The Kier molecular flexibility index (Phi) is 6.68. The van der Waals surface area contributed by atoms with Crippen molar-refractivity contribution in [2.24, 2.45) is 0 Å². The number of esters is 2. The molecule has 1 rings (SSSR count). The van der Waals surface area contributed by atoms with Crippen LogP contribution >= 0.6 is 15.9 Å². The Hall–Kier alpha value is -1.56. The van der Waals surface area contributed by atoms with Gasteiger partial charge in [0.15, 0.2) is 0 Å². The van der Waals surface area contributed by atoms with Crippen molar-refractivity contribution in [2.45, 2.75) is 24.6 Å². The van der Waals surface area contributed by atoms with Crippen LogP contribution in [0.4, 0.5) is 0 Å². The third-order valence-electron chi connectivity index (χ3n) is 2.80. The molecule has 0 unspecified atom stereocenters. The number of alkyl halides is 1. The van der Waals surface area contributed by atoms with Crippen LogP contribution in [0.15, 0.2) is 24.3 Å². The molecule has 0 saturated carbocycles. The average molecular weight is 359 g/mol. The van der Waals surface area contributed by atoms with Gasteiger partial charge in [-0.1, -0.05) is 28.1 Å². The second-order valence-electron chi connectivity index (χ2n) is 4.27. The summed E-state index contributed by atoms with van der Waals surface area (Å²) >= 11 is 3.21. The van der Waals surface area contributed by atoms with E-state index in [0.717, 1.165) is 5.56 Å². The molecule has 1 aromatic carbocycles. The fraction of sp³-hybridized carbons (Fsp3) is 0.467. The summed E-state index contributed by atoms with van der Waals surface area (Å²) in [5, 5.41) is 0. The molecule has 116 valence electrons. The summed E-state index contributed by atoms with van der Waals surface area (Å²) < 4.78 is 13.5. The molecule has 0 atom stereocenters. The zero-order valence-electron chi connectivity index (χ0n) is 12.3. The van der Waals surface area contributed by atoms with Crippen molar-refractivity contribution in [1.82, 2.24) is 0 Å². The standard InChI is InChI=1S/C15H19BrO5/c1-4-20-13(17)15(16,14(18)21-5-2)10-11-6-8-12(19-3)9-7-11/h6-9H,4-5,10H2,1-3H3. The number of halogens is 1. The molecular weight excluding hydrogens is 340 g/mol. The quantitative estimate of drug-likeness (QED) is 0.425. The highest BCUT2D eigenvalue weighted by molar-refractivity contribution is 9.10. The number of methoxy groups -OCH3 is 1. The van der Waals surface area contributed by atoms with Crippen LogP contribution in [-0.2, 0) is 25.5 Å². The number of ether oxygens (including phenoxy) is 3. The fourth-order valence-electron chi connectivity index (χ4n) is 1.74. The second kappa shape index (κ2) is 8.02. The molecule has 0 spiro atoms. The van der Waals surface area contributed by atoms with Gasteiger partial charge in [-0.05, 0) is 31.5 Å². The minimum atomic E-state index is -1.53. The molecule has 1 aromatic rings. The van der Waals surface area contributed by atoms with E-state index in [1.165, 1.54) is 0 Å². The molecule has 5 nitrogen and oxygen atoms in total. The maximum atomic E-state index is 12.1. The van der Waals surface area contributed by atoms with Crippen LogP contribution < -0.4 is 4.74 Å². The highest BCUT2D eigenvalue weighted by atomic mass is 79.9. The Labute approximate surface area is 132 Å². The van der Waals surface area contributed by atoms with Crippen LogP contribution in [0.2, 0.25) is 0 Å². The van der Waals surface area contributed by atoms with E-state index in [-0.39, 0.29) is 19.6 Å². The largest absolute Gasteiger partial charge is 0.497 e. The third-order valence-corrected chi connectivity index (χ3v) is 3.73. The number of hydrogen-bond acceptors (Lipinski definition) is 5. The van der Waals surface area contributed by atoms with Crippen molar-refractivity contribution in [3.8, 4) is 5.75 Å². The van der Waals surface area contributed by atoms with Gasteiger partial charge in [0.2, 0.25) is 4.32 Å². The molecule has 0 aliphatic heterocycles. The molecule has 0 radical (unpaired) electrons. The molecule has 0 amide bonds. The second-order valence-corrected chi connectivity index (χ2v) is 5.62. The molecule has 0 aliphatic rings. The Morgan fingerprint density at radius 3 is 1.90 bits per heavy atom. The van der Waals surface area contributed by atoms with Gasteiger partial charge in [-0.25, -0.2) is 9.59 Å². The molecule has 0 N–H and O–H groups in total. The highest BCUT2D eigenvalue weighted by Gasteiger charge is 2.46. The summed E-state index contributed by atoms with van der Waals surface area (Å²) in [4.78, 5) is 24.2. The normalized spacial score (nSPS) is 10.9. The van der Waals surface area contributed by atoms with Crippen LogP contribution in [-0.4, -0.2) is 36.6 Å². The SMILES string of the molecule is CCOC(=O)C(Br)(Cc1ccc(OC)cc1)C(=O)OCC. The summed E-state index contributed by atoms with van der Waals surface area (Å²) in [6.07, 6.45) is 0.134. The molecule has 0 aromatic heterocycles. The van der Waals surface area contributed by atoms with E-state index >= 15 is 0 Å². The lowest BCUT2D eigenvalue weighted by Gasteiger charge is -2.23. The van der Waals surface area contributed by atoms with Crippen LogP contribution in [0.3, 0.4) is 0 Å². The number of carbonyl (C=O) groups is 2. The Bertz CT molecular complexity index is 465. The smallest absolute Gasteiger partial charge is 0.334 e. The van der Waals surface area contributed by atoms with Gasteiger partial charge in [0.05, 0.1) is 20.3 Å². The average Bonchev–Trinajstić information content (AvgIpc) is 2.48. The highest BCUT2D eigenvalue weighted by Crippen LogP contribution is 2.28. The summed E-state index contributed by atoms with van der Waals surface area (Å²) in [5.74, 6) is -0.607. The predicted molar refractivity (Wildman–Crippen MR) is 81.6 cm³/mol. The van der Waals surface area contributed by atoms with E-state index in [1.54, 1.807) is 45.2 Å². The number of benzene rings is 1. The number of carbonyl (C=O) groups excluding carboxylic acids is 2. The monoisotopic (exact) mass is 358 g/mol. The van der Waals surface area contributed by atoms with E-state index in [9.17, 15) is 9.59 Å². The topological polar surface area (TPSA) is 61.8 Å². The molecule has 0 bridgehead atoms. The van der Waals surface area contributed by atoms with E-state index in [2.05, 4.69) is 15.9 Å². The lowest BCUT2D eigenvalue weighted by atomic mass is 9.99. The first-order chi connectivity index (χ1) is 9.97. The predicted octanol–water partition coefficient (Wildman–Crippen LogP) is 2.50. The van der Waals surface area contributed by atoms with Gasteiger partial charge in [0, 0.05) is 6.42 Å². The molecule has 0 aliphatic carbocycles. The zero-order valence-corrected chi connectivity index (χ0v) is 13.9. The van der Waals surface area contributed by atoms with Crippen molar-refractivity contribution in [1.29, 1.82) is 0 Å². The number of rotatable bonds is 7. The van der Waals surface area contributed by atoms with Gasteiger partial charge >= 0.3 is 11.9 Å². The van der Waals surface area contributed by atoms with Gasteiger partial charge in [0.1, 0.15) is 5.75 Å². The molecular formula is C15H19BrO5. The maximum Gasteiger partial charge on any atom is 0.334 e. The minimum Gasteiger partial charge on any atom is -0.497 e. The molecule has 0 saturated heterocycles. The Balaban J connectivity index is 3.00. The van der Waals surface area contributed by atoms with Crippen LogP contribution in [0.1, 0.15) is 19.4 Å². The van der Waals surface area contributed by atoms with Crippen LogP contribution in [0, 0.1) is 0 Å². The van der Waals surface area contributed by atoms with Crippen LogP contribution in [0.25, 0.3) is 0 Å². The zero-order chi connectivity index (χ0) is 15.9. The van der Waals surface area contributed by atoms with Crippen molar-refractivity contribution in [2.75, 3.05) is 20.3 Å². The summed E-state index contributed by atoms with van der Waals surface area (Å²) in [6.45, 7) is 3.75. The van der Waals surface area contributed by atoms with Crippen molar-refractivity contribution in [3.05, 3.63) is 29.8 Å². The molecule has 21 heavy (non-hydrogen) atoms. The van der Waals surface area contributed by atoms with Gasteiger partial charge in [-0.3, -0.25) is 0 Å². The Morgan fingerprint density at radius 1 is 1.05 bits per heavy atom. The van der Waals surface area contributed by atoms with Crippen molar-refractivity contribution >= 4 is 27.9 Å². The fourth-order valence-corrected chi connectivity index (χ4v) is 2.30. The lowest BCUT2D eigenvalue weighted by Crippen LogP contribution is -2.45. The van der Waals surface area contributed by atoms with Gasteiger partial charge < -0.3 is 14.2 Å². The van der Waals surface area contributed by atoms with Gasteiger partial charge in [-0.2, -0.15) is 0 Å². The van der Waals surface area contributed by atoms with Crippen LogP contribution in [0.5, 0.6) is 5.75 Å². The first-order valence-electron chi connectivity index (χ1n) is 6.64. The van der Waals surface area contributed by atoms with E-state index in [0.29, 0.717) is 5.75 Å². The number of hydrogen-bond donors (Lipinski definition) is 0. The third kappa shape index (κ3) is 4.46. The first kappa shape index (κ1) is 17.5. The maximum absolute atomic E-state index is 12.1. The van der Waals surface area contributed by atoms with Crippen molar-refractivity contribution < 1.29 is 23.8 Å². The van der Waals surface area contributed by atoms with Crippen molar-refractivity contribution in [3.63, 3.8) is 0 Å². The lowest BCUT2D eigenvalue weighted by molar-refractivity contribution is -0.158. The Morgan fingerprint density at radius 2 is 1.52 bits per heavy atom. The van der Waals surface area contributed by atoms with Gasteiger partial charge in [-0.15, -0.1) is 0 Å². The summed E-state index contributed by atoms with van der Waals surface area (Å²) in [6, 6.07) is 7.10. The molecule has 6 heteroatoms. The molecule has 0 fully saturated rings. The first-order valence-corrected chi connectivity index (χ1v) is 7.43. The van der Waals surface area contributed by atoms with E-state index < -0.39 is 16.3 Å².